The van der Waals surface area contributed by atoms with Gasteiger partial charge in [0.2, 0.25) is 0 Å². The SMILES string of the molecule is CC1CC(NCCNC(=O)N(C)C)CN1C1CC1. The van der Waals surface area contributed by atoms with Crippen LogP contribution in [0.2, 0.25) is 0 Å². The number of carbonyl (C=O) groups excluding carboxylic acids is 1. The summed E-state index contributed by atoms with van der Waals surface area (Å²) in [6.45, 7) is 5.06. The fraction of sp³-hybridized carbons (Fsp3) is 0.923. The number of likely N-dealkylation sites (tertiary alicyclic amines) is 1. The van der Waals surface area contributed by atoms with Gasteiger partial charge in [-0.15, -0.1) is 0 Å². The predicted octanol–water partition coefficient (Wildman–Crippen LogP) is 0.472. The van der Waals surface area contributed by atoms with E-state index in [-0.39, 0.29) is 6.03 Å². The number of hydrogen-bond acceptors (Lipinski definition) is 3. The summed E-state index contributed by atoms with van der Waals surface area (Å²) in [6, 6.07) is 2.15. The quantitative estimate of drug-likeness (QED) is 0.701. The van der Waals surface area contributed by atoms with E-state index in [0.717, 1.165) is 12.6 Å². The van der Waals surface area contributed by atoms with Crippen molar-refractivity contribution in [1.29, 1.82) is 0 Å². The molecule has 0 aromatic rings. The average Bonchev–Trinajstić information content (AvgIpc) is 3.09. The van der Waals surface area contributed by atoms with E-state index in [1.807, 2.05) is 0 Å². The molecule has 1 aliphatic carbocycles. The van der Waals surface area contributed by atoms with Gasteiger partial charge in [0.25, 0.3) is 0 Å². The number of hydrogen-bond donors (Lipinski definition) is 2. The standard InChI is InChI=1S/C13H26N4O/c1-10-8-11(9-17(10)12-4-5-12)14-6-7-15-13(18)16(2)3/h10-12,14H,4-9H2,1-3H3,(H,15,18). The van der Waals surface area contributed by atoms with Gasteiger partial charge in [-0.3, -0.25) is 4.90 Å². The first-order valence-corrected chi connectivity index (χ1v) is 7.02. The van der Waals surface area contributed by atoms with Crippen molar-refractivity contribution in [2.45, 2.75) is 44.3 Å². The Morgan fingerprint density at radius 3 is 2.67 bits per heavy atom. The van der Waals surface area contributed by atoms with Gasteiger partial charge in [0, 0.05) is 51.9 Å². The van der Waals surface area contributed by atoms with Crippen LogP contribution in [0.15, 0.2) is 0 Å². The maximum Gasteiger partial charge on any atom is 0.316 e. The van der Waals surface area contributed by atoms with Crippen molar-refractivity contribution < 1.29 is 4.79 Å². The Morgan fingerprint density at radius 1 is 1.33 bits per heavy atom. The van der Waals surface area contributed by atoms with Crippen LogP contribution in [0.4, 0.5) is 4.79 Å². The van der Waals surface area contributed by atoms with Crippen molar-refractivity contribution in [3.63, 3.8) is 0 Å². The van der Waals surface area contributed by atoms with E-state index in [0.29, 0.717) is 18.6 Å². The van der Waals surface area contributed by atoms with Gasteiger partial charge in [0.05, 0.1) is 0 Å². The first-order chi connectivity index (χ1) is 8.58. The van der Waals surface area contributed by atoms with Crippen molar-refractivity contribution in [2.24, 2.45) is 0 Å². The molecular formula is C13H26N4O. The molecule has 2 aliphatic rings. The molecule has 2 unspecified atom stereocenters. The summed E-state index contributed by atoms with van der Waals surface area (Å²) in [4.78, 5) is 15.5. The van der Waals surface area contributed by atoms with E-state index in [9.17, 15) is 4.79 Å². The number of rotatable bonds is 5. The largest absolute Gasteiger partial charge is 0.337 e. The summed E-state index contributed by atoms with van der Waals surface area (Å²) in [5.74, 6) is 0. The molecule has 1 saturated heterocycles. The molecule has 1 aliphatic heterocycles. The third-order valence-electron chi connectivity index (χ3n) is 3.88. The van der Waals surface area contributed by atoms with Crippen LogP contribution in [0, 0.1) is 0 Å². The van der Waals surface area contributed by atoms with E-state index in [2.05, 4.69) is 22.5 Å². The average molecular weight is 254 g/mol. The van der Waals surface area contributed by atoms with Crippen molar-refractivity contribution in [3.05, 3.63) is 0 Å². The molecule has 0 aromatic carbocycles. The van der Waals surface area contributed by atoms with E-state index in [4.69, 9.17) is 0 Å². The van der Waals surface area contributed by atoms with E-state index < -0.39 is 0 Å². The number of nitrogens with one attached hydrogen (secondary N) is 2. The molecule has 0 radical (unpaired) electrons. The van der Waals surface area contributed by atoms with Crippen molar-refractivity contribution in [1.82, 2.24) is 20.4 Å². The monoisotopic (exact) mass is 254 g/mol. The fourth-order valence-electron chi connectivity index (χ4n) is 2.72. The number of carbonyl (C=O) groups is 1. The van der Waals surface area contributed by atoms with Crippen LogP contribution in [0.25, 0.3) is 0 Å². The molecule has 0 spiro atoms. The molecule has 104 valence electrons. The van der Waals surface area contributed by atoms with E-state index in [1.165, 1.54) is 25.8 Å². The summed E-state index contributed by atoms with van der Waals surface area (Å²) >= 11 is 0. The second kappa shape index (κ2) is 5.89. The smallest absolute Gasteiger partial charge is 0.316 e. The molecule has 5 nitrogen and oxygen atoms in total. The number of urea groups is 1. The number of nitrogens with zero attached hydrogens (tertiary/aromatic N) is 2. The minimum absolute atomic E-state index is 0.0174. The summed E-state index contributed by atoms with van der Waals surface area (Å²) in [6.07, 6.45) is 4.00. The number of amides is 2. The molecule has 0 bridgehead atoms. The van der Waals surface area contributed by atoms with Gasteiger partial charge in [-0.25, -0.2) is 4.79 Å². The normalized spacial score (nSPS) is 28.4. The Labute approximate surface area is 110 Å². The zero-order chi connectivity index (χ0) is 13.1. The first-order valence-electron chi connectivity index (χ1n) is 7.02. The Hall–Kier alpha value is -0.810. The van der Waals surface area contributed by atoms with Crippen molar-refractivity contribution >= 4 is 6.03 Å². The van der Waals surface area contributed by atoms with E-state index in [1.54, 1.807) is 19.0 Å². The minimum atomic E-state index is -0.0174. The van der Waals surface area contributed by atoms with Crippen LogP contribution >= 0.6 is 0 Å². The maximum atomic E-state index is 11.3. The molecule has 2 rings (SSSR count). The molecule has 1 saturated carbocycles. The fourth-order valence-corrected chi connectivity index (χ4v) is 2.72. The summed E-state index contributed by atoms with van der Waals surface area (Å²) < 4.78 is 0. The van der Waals surface area contributed by atoms with Gasteiger partial charge in [0.1, 0.15) is 0 Å². The highest BCUT2D eigenvalue weighted by atomic mass is 16.2. The van der Waals surface area contributed by atoms with Gasteiger partial charge in [-0.05, 0) is 26.2 Å². The lowest BCUT2D eigenvalue weighted by Gasteiger charge is -2.19. The lowest BCUT2D eigenvalue weighted by Crippen LogP contribution is -2.41. The van der Waals surface area contributed by atoms with Crippen molar-refractivity contribution in [3.8, 4) is 0 Å². The van der Waals surface area contributed by atoms with Crippen LogP contribution < -0.4 is 10.6 Å². The summed E-state index contributed by atoms with van der Waals surface area (Å²) in [5, 5.41) is 6.42. The highest BCUT2D eigenvalue weighted by molar-refractivity contribution is 5.73. The van der Waals surface area contributed by atoms with Gasteiger partial charge < -0.3 is 15.5 Å². The predicted molar refractivity (Wildman–Crippen MR) is 72.7 cm³/mol. The lowest BCUT2D eigenvalue weighted by molar-refractivity contribution is 0.217. The molecule has 0 aromatic heterocycles. The topological polar surface area (TPSA) is 47.6 Å². The Morgan fingerprint density at radius 2 is 2.06 bits per heavy atom. The van der Waals surface area contributed by atoms with Crippen LogP contribution in [-0.2, 0) is 0 Å². The molecule has 2 N–H and O–H groups in total. The highest BCUT2D eigenvalue weighted by Crippen LogP contribution is 2.33. The lowest BCUT2D eigenvalue weighted by atomic mass is 10.2. The second-order valence-electron chi connectivity index (χ2n) is 5.79. The van der Waals surface area contributed by atoms with Crippen LogP contribution in [0.1, 0.15) is 26.2 Å². The third-order valence-corrected chi connectivity index (χ3v) is 3.88. The zero-order valence-electron chi connectivity index (χ0n) is 11.8. The van der Waals surface area contributed by atoms with Gasteiger partial charge >= 0.3 is 6.03 Å². The van der Waals surface area contributed by atoms with E-state index >= 15 is 0 Å². The minimum Gasteiger partial charge on any atom is -0.337 e. The molecule has 2 amide bonds. The molecule has 1 heterocycles. The molecule has 2 atom stereocenters. The first kappa shape index (κ1) is 13.6. The molecular weight excluding hydrogens is 228 g/mol. The van der Waals surface area contributed by atoms with Crippen LogP contribution in [0.5, 0.6) is 0 Å². The molecule has 18 heavy (non-hydrogen) atoms. The zero-order valence-corrected chi connectivity index (χ0v) is 11.8. The summed E-state index contributed by atoms with van der Waals surface area (Å²) in [5.41, 5.74) is 0. The Bertz CT molecular complexity index is 291. The molecule has 2 fully saturated rings. The highest BCUT2D eigenvalue weighted by Gasteiger charge is 2.38. The van der Waals surface area contributed by atoms with Gasteiger partial charge in [-0.2, -0.15) is 0 Å². The van der Waals surface area contributed by atoms with Crippen molar-refractivity contribution in [2.75, 3.05) is 33.7 Å². The summed E-state index contributed by atoms with van der Waals surface area (Å²) in [7, 11) is 3.52. The third kappa shape index (κ3) is 3.59. The van der Waals surface area contributed by atoms with Gasteiger partial charge in [-0.1, -0.05) is 0 Å². The molecule has 5 heteroatoms. The van der Waals surface area contributed by atoms with Crippen LogP contribution in [-0.4, -0.2) is 67.7 Å². The second-order valence-corrected chi connectivity index (χ2v) is 5.79. The maximum absolute atomic E-state index is 11.3. The van der Waals surface area contributed by atoms with Crippen LogP contribution in [0.3, 0.4) is 0 Å². The van der Waals surface area contributed by atoms with Gasteiger partial charge in [0.15, 0.2) is 0 Å². The Balaban J connectivity index is 1.59. The Kier molecular flexibility index (Phi) is 4.45.